The number of H-pyrrole nitrogens is 2. The molecule has 23 heavy (non-hydrogen) atoms. The van der Waals surface area contributed by atoms with Gasteiger partial charge in [-0.05, 0) is 29.7 Å². The number of hydrogen-bond acceptors (Lipinski definition) is 3. The van der Waals surface area contributed by atoms with Crippen molar-refractivity contribution in [3.8, 4) is 0 Å². The Bertz CT molecular complexity index is 959. The molecule has 0 unspecified atom stereocenters. The maximum absolute atomic E-state index is 12.1. The fraction of sp³-hybridized carbons (Fsp3) is 0.188. The lowest BCUT2D eigenvalue weighted by atomic mass is 10.2. The van der Waals surface area contributed by atoms with Gasteiger partial charge in [0.05, 0.1) is 16.8 Å². The molecular weight excluding hydrogens is 314 g/mol. The van der Waals surface area contributed by atoms with E-state index in [2.05, 4.69) is 14.7 Å². The summed E-state index contributed by atoms with van der Waals surface area (Å²) in [5, 5.41) is 0. The summed E-state index contributed by atoms with van der Waals surface area (Å²) in [6, 6.07) is 14.8. The highest BCUT2D eigenvalue weighted by atomic mass is 32.2. The van der Waals surface area contributed by atoms with Crippen molar-refractivity contribution in [3.05, 3.63) is 70.1 Å². The van der Waals surface area contributed by atoms with E-state index < -0.39 is 10.0 Å². The molecule has 7 heteroatoms. The molecule has 3 aromatic rings. The standard InChI is InChI=1S/C16H17N3O3S/c20-16-18-14-7-6-13(10-15(14)19-16)11-17-23(21,22)9-8-12-4-2-1-3-5-12/h1-7,10,17H,8-9,11H2,(H2,18,19,20). The van der Waals surface area contributed by atoms with Crippen molar-refractivity contribution >= 4 is 21.1 Å². The van der Waals surface area contributed by atoms with Gasteiger partial charge in [0.25, 0.3) is 0 Å². The Morgan fingerprint density at radius 3 is 2.43 bits per heavy atom. The molecule has 3 rings (SSSR count). The van der Waals surface area contributed by atoms with Gasteiger partial charge in [0.1, 0.15) is 0 Å². The zero-order valence-corrected chi connectivity index (χ0v) is 13.2. The smallest absolute Gasteiger partial charge is 0.306 e. The molecule has 0 atom stereocenters. The quantitative estimate of drug-likeness (QED) is 0.639. The second kappa shape index (κ2) is 6.39. The number of hydrogen-bond donors (Lipinski definition) is 3. The third-order valence-corrected chi connectivity index (χ3v) is 4.90. The maximum atomic E-state index is 12.1. The summed E-state index contributed by atoms with van der Waals surface area (Å²) in [6.07, 6.45) is 0.473. The van der Waals surface area contributed by atoms with E-state index in [0.29, 0.717) is 17.5 Å². The lowest BCUT2D eigenvalue weighted by molar-refractivity contribution is 0.580. The molecule has 0 aliphatic rings. The van der Waals surface area contributed by atoms with Crippen LogP contribution in [0.4, 0.5) is 0 Å². The van der Waals surface area contributed by atoms with Crippen LogP contribution in [0.1, 0.15) is 11.1 Å². The van der Waals surface area contributed by atoms with Crippen LogP contribution in [0.25, 0.3) is 11.0 Å². The molecule has 0 spiro atoms. The number of fused-ring (bicyclic) bond motifs is 1. The van der Waals surface area contributed by atoms with Crippen LogP contribution < -0.4 is 10.4 Å². The first kappa shape index (κ1) is 15.5. The maximum Gasteiger partial charge on any atom is 0.323 e. The third kappa shape index (κ3) is 4.08. The number of nitrogens with one attached hydrogen (secondary N) is 3. The highest BCUT2D eigenvalue weighted by Gasteiger charge is 2.10. The van der Waals surface area contributed by atoms with Crippen molar-refractivity contribution in [2.45, 2.75) is 13.0 Å². The van der Waals surface area contributed by atoms with Crippen LogP contribution in [0.5, 0.6) is 0 Å². The minimum absolute atomic E-state index is 0.0419. The van der Waals surface area contributed by atoms with Crippen LogP contribution in [0.2, 0.25) is 0 Å². The normalized spacial score (nSPS) is 11.8. The topological polar surface area (TPSA) is 94.8 Å². The Balaban J connectivity index is 1.62. The zero-order valence-electron chi connectivity index (χ0n) is 12.4. The Morgan fingerprint density at radius 2 is 1.65 bits per heavy atom. The average molecular weight is 331 g/mol. The lowest BCUT2D eigenvalue weighted by Crippen LogP contribution is -2.26. The van der Waals surface area contributed by atoms with E-state index >= 15 is 0 Å². The van der Waals surface area contributed by atoms with Crippen molar-refractivity contribution in [2.75, 3.05) is 5.75 Å². The van der Waals surface area contributed by atoms with Crippen LogP contribution in [0.3, 0.4) is 0 Å². The van der Waals surface area contributed by atoms with Crippen LogP contribution in [-0.4, -0.2) is 24.1 Å². The number of aromatic nitrogens is 2. The molecule has 0 aliphatic heterocycles. The minimum Gasteiger partial charge on any atom is -0.306 e. The van der Waals surface area contributed by atoms with E-state index in [1.165, 1.54) is 0 Å². The largest absolute Gasteiger partial charge is 0.323 e. The summed E-state index contributed by atoms with van der Waals surface area (Å²) in [6.45, 7) is 0.195. The summed E-state index contributed by atoms with van der Waals surface area (Å²) in [5.41, 5.74) is 2.86. The molecule has 2 aromatic carbocycles. The first-order chi connectivity index (χ1) is 11.0. The molecule has 3 N–H and O–H groups in total. The van der Waals surface area contributed by atoms with Gasteiger partial charge < -0.3 is 9.97 Å². The van der Waals surface area contributed by atoms with E-state index in [-0.39, 0.29) is 18.0 Å². The van der Waals surface area contributed by atoms with E-state index in [0.717, 1.165) is 11.1 Å². The van der Waals surface area contributed by atoms with Crippen molar-refractivity contribution in [1.82, 2.24) is 14.7 Å². The van der Waals surface area contributed by atoms with Gasteiger partial charge >= 0.3 is 5.69 Å². The van der Waals surface area contributed by atoms with Crippen molar-refractivity contribution in [3.63, 3.8) is 0 Å². The second-order valence-corrected chi connectivity index (χ2v) is 7.26. The van der Waals surface area contributed by atoms with Gasteiger partial charge in [-0.2, -0.15) is 0 Å². The van der Waals surface area contributed by atoms with Gasteiger partial charge in [-0.15, -0.1) is 0 Å². The number of aromatic amines is 2. The van der Waals surface area contributed by atoms with Gasteiger partial charge in [-0.3, -0.25) is 0 Å². The van der Waals surface area contributed by atoms with Crippen LogP contribution in [0.15, 0.2) is 53.3 Å². The summed E-state index contributed by atoms with van der Waals surface area (Å²) in [4.78, 5) is 16.5. The predicted molar refractivity (Wildman–Crippen MR) is 89.7 cm³/mol. The van der Waals surface area contributed by atoms with Gasteiger partial charge in [-0.1, -0.05) is 36.4 Å². The van der Waals surface area contributed by atoms with Gasteiger partial charge in [-0.25, -0.2) is 17.9 Å². The molecule has 1 heterocycles. The van der Waals surface area contributed by atoms with Crippen LogP contribution >= 0.6 is 0 Å². The first-order valence-corrected chi connectivity index (χ1v) is 8.89. The van der Waals surface area contributed by atoms with Crippen molar-refractivity contribution in [2.24, 2.45) is 0 Å². The Labute approximate surface area is 133 Å². The van der Waals surface area contributed by atoms with Crippen LogP contribution in [0, 0.1) is 0 Å². The highest BCUT2D eigenvalue weighted by Crippen LogP contribution is 2.10. The molecule has 0 aliphatic carbocycles. The summed E-state index contributed by atoms with van der Waals surface area (Å²) >= 11 is 0. The summed E-state index contributed by atoms with van der Waals surface area (Å²) in [5.74, 6) is 0.0419. The molecule has 0 amide bonds. The molecular formula is C16H17N3O3S. The molecule has 6 nitrogen and oxygen atoms in total. The fourth-order valence-corrected chi connectivity index (χ4v) is 3.39. The van der Waals surface area contributed by atoms with Crippen molar-refractivity contribution < 1.29 is 8.42 Å². The molecule has 0 saturated carbocycles. The van der Waals surface area contributed by atoms with E-state index in [1.54, 1.807) is 18.2 Å². The number of benzene rings is 2. The molecule has 0 fully saturated rings. The Hall–Kier alpha value is -2.38. The number of sulfonamides is 1. The van der Waals surface area contributed by atoms with Gasteiger partial charge in [0.2, 0.25) is 10.0 Å². The first-order valence-electron chi connectivity index (χ1n) is 7.24. The van der Waals surface area contributed by atoms with E-state index in [4.69, 9.17) is 0 Å². The number of aryl methyl sites for hydroxylation is 1. The van der Waals surface area contributed by atoms with Gasteiger partial charge in [0.15, 0.2) is 0 Å². The third-order valence-electron chi connectivity index (χ3n) is 3.58. The number of rotatable bonds is 6. The van der Waals surface area contributed by atoms with E-state index in [1.807, 2.05) is 30.3 Å². The predicted octanol–water partition coefficient (Wildman–Crippen LogP) is 1.52. The minimum atomic E-state index is -3.36. The highest BCUT2D eigenvalue weighted by molar-refractivity contribution is 7.89. The lowest BCUT2D eigenvalue weighted by Gasteiger charge is -2.07. The molecule has 0 radical (unpaired) electrons. The Morgan fingerprint density at radius 1 is 0.913 bits per heavy atom. The number of imidazole rings is 1. The molecule has 120 valence electrons. The summed E-state index contributed by atoms with van der Waals surface area (Å²) < 4.78 is 26.7. The average Bonchev–Trinajstić information content (AvgIpc) is 2.91. The van der Waals surface area contributed by atoms with Gasteiger partial charge in [0, 0.05) is 6.54 Å². The SMILES string of the molecule is O=c1[nH]c2ccc(CNS(=O)(=O)CCc3ccccc3)cc2[nH]1. The molecule has 0 saturated heterocycles. The molecule has 0 bridgehead atoms. The zero-order chi connectivity index (χ0) is 16.3. The monoisotopic (exact) mass is 331 g/mol. The summed E-state index contributed by atoms with van der Waals surface area (Å²) in [7, 11) is -3.36. The van der Waals surface area contributed by atoms with E-state index in [9.17, 15) is 13.2 Å². The van der Waals surface area contributed by atoms with Crippen LogP contribution in [-0.2, 0) is 23.0 Å². The molecule has 1 aromatic heterocycles. The Kier molecular flexibility index (Phi) is 4.31. The second-order valence-electron chi connectivity index (χ2n) is 5.33. The van der Waals surface area contributed by atoms with Crippen molar-refractivity contribution in [1.29, 1.82) is 0 Å². The fourth-order valence-electron chi connectivity index (χ4n) is 2.35.